The van der Waals surface area contributed by atoms with Crippen molar-refractivity contribution in [2.45, 2.75) is 0 Å². The van der Waals surface area contributed by atoms with Gasteiger partial charge in [0, 0.05) is 11.0 Å². The Morgan fingerprint density at radius 1 is 1.15 bits per heavy atom. The normalized spacial score (nSPS) is 12.7. The minimum absolute atomic E-state index is 0.591. The Morgan fingerprint density at radius 2 is 1.85 bits per heavy atom. The van der Waals surface area contributed by atoms with Gasteiger partial charge in [-0.25, -0.2) is 0 Å². The summed E-state index contributed by atoms with van der Waals surface area (Å²) in [6.07, 6.45) is 0. The Hall–Kier alpha value is -2.15. The molecule has 1 heterocycles. The van der Waals surface area contributed by atoms with Crippen LogP contribution in [0.2, 0.25) is 0 Å². The number of nitrogens with zero attached hydrogens (tertiary/aromatic N) is 2. The van der Waals surface area contributed by atoms with Gasteiger partial charge in [-0.05, 0) is 41.9 Å². The van der Waals surface area contributed by atoms with Crippen molar-refractivity contribution in [3.05, 3.63) is 53.6 Å². The number of benzene rings is 2. The van der Waals surface area contributed by atoms with Crippen LogP contribution in [0, 0.1) is 11.3 Å². The minimum atomic E-state index is -0.790. The summed E-state index contributed by atoms with van der Waals surface area (Å²) in [5, 5.41) is 18.5. The lowest BCUT2D eigenvalue weighted by molar-refractivity contribution is 0.482. The van der Waals surface area contributed by atoms with Gasteiger partial charge < -0.3 is 14.7 Å². The zero-order chi connectivity index (χ0) is 14.1. The van der Waals surface area contributed by atoms with Crippen molar-refractivity contribution >= 4 is 27.2 Å². The molecule has 1 unspecified atom stereocenters. The van der Waals surface area contributed by atoms with Crippen molar-refractivity contribution in [2.75, 3.05) is 0 Å². The third kappa shape index (κ3) is 2.32. The largest absolute Gasteiger partial charge is 0.469 e. The number of hydrogen-bond acceptors (Lipinski definition) is 4. The highest BCUT2D eigenvalue weighted by molar-refractivity contribution is 7.42. The van der Waals surface area contributed by atoms with E-state index in [2.05, 4.69) is 20.2 Å². The highest BCUT2D eigenvalue weighted by atomic mass is 31.0. The second-order valence-electron chi connectivity index (χ2n) is 4.38. The average molecular weight is 280 g/mol. The van der Waals surface area contributed by atoms with E-state index in [4.69, 9.17) is 10.00 Å². The van der Waals surface area contributed by atoms with E-state index < -0.39 is 7.05 Å². The first kappa shape index (κ1) is 12.9. The fourth-order valence-electron chi connectivity index (χ4n) is 2.05. The van der Waals surface area contributed by atoms with E-state index in [0.29, 0.717) is 17.1 Å². The van der Waals surface area contributed by atoms with E-state index in [-0.39, 0.29) is 0 Å². The second-order valence-corrected chi connectivity index (χ2v) is 4.92. The van der Waals surface area contributed by atoms with Gasteiger partial charge in [-0.15, -0.1) is 0 Å². The standard InChI is InChI=1S/C14H10BN2O2P/c16-8-9-1-3-10(4-2-9)19-11-5-6-13-12(7-11)14(20)17-15(13)18/h1-7,18H,20H2. The molecule has 0 aliphatic carbocycles. The quantitative estimate of drug-likeness (QED) is 0.672. The molecule has 20 heavy (non-hydrogen) atoms. The molecule has 0 radical (unpaired) electrons. The molecule has 2 aromatic carbocycles. The Morgan fingerprint density at radius 3 is 2.55 bits per heavy atom. The Labute approximate surface area is 119 Å². The van der Waals surface area contributed by atoms with Crippen molar-refractivity contribution in [2.24, 2.45) is 4.90 Å². The number of fused-ring (bicyclic) bond motifs is 1. The minimum Gasteiger partial charge on any atom is -0.457 e. The summed E-state index contributed by atoms with van der Waals surface area (Å²) in [7, 11) is 1.72. The zero-order valence-corrected chi connectivity index (χ0v) is 11.6. The van der Waals surface area contributed by atoms with Crippen molar-refractivity contribution in [1.29, 1.82) is 5.26 Å². The molecule has 1 aliphatic heterocycles. The topological polar surface area (TPSA) is 65.6 Å². The monoisotopic (exact) mass is 280 g/mol. The van der Waals surface area contributed by atoms with E-state index >= 15 is 0 Å². The van der Waals surface area contributed by atoms with Gasteiger partial charge in [0.25, 0.3) is 0 Å². The second kappa shape index (κ2) is 5.09. The van der Waals surface area contributed by atoms with Gasteiger partial charge >= 0.3 is 7.05 Å². The van der Waals surface area contributed by atoms with Gasteiger partial charge in [-0.3, -0.25) is 0 Å². The molecule has 0 amide bonds. The summed E-state index contributed by atoms with van der Waals surface area (Å²) in [5.74, 6) is 1.32. The van der Waals surface area contributed by atoms with Gasteiger partial charge in [0.1, 0.15) is 11.5 Å². The molecule has 2 aromatic rings. The van der Waals surface area contributed by atoms with Crippen LogP contribution in [-0.4, -0.2) is 17.5 Å². The predicted octanol–water partition coefficient (Wildman–Crippen LogP) is 1.67. The van der Waals surface area contributed by atoms with Gasteiger partial charge in [0.15, 0.2) is 0 Å². The molecular formula is C14H10BN2O2P. The molecule has 3 rings (SSSR count). The Kier molecular flexibility index (Phi) is 3.27. The molecule has 0 bridgehead atoms. The molecule has 0 saturated carbocycles. The summed E-state index contributed by atoms with van der Waals surface area (Å²) in [6, 6.07) is 14.4. The van der Waals surface area contributed by atoms with E-state index in [1.54, 1.807) is 36.4 Å². The molecule has 6 heteroatoms. The Bertz CT molecular complexity index is 738. The lowest BCUT2D eigenvalue weighted by Crippen LogP contribution is -2.26. The lowest BCUT2D eigenvalue weighted by Gasteiger charge is -2.08. The maximum absolute atomic E-state index is 9.72. The van der Waals surface area contributed by atoms with Crippen LogP contribution in [-0.2, 0) is 0 Å². The molecule has 0 aromatic heterocycles. The number of ether oxygens (including phenoxy) is 1. The highest BCUT2D eigenvalue weighted by Crippen LogP contribution is 2.24. The third-order valence-electron chi connectivity index (χ3n) is 3.06. The summed E-state index contributed by atoms with van der Waals surface area (Å²) < 4.78 is 5.73. The highest BCUT2D eigenvalue weighted by Gasteiger charge is 2.26. The first-order valence-electron chi connectivity index (χ1n) is 6.01. The first-order chi connectivity index (χ1) is 9.67. The maximum Gasteiger partial charge on any atom is 0.469 e. The molecule has 0 fully saturated rings. The van der Waals surface area contributed by atoms with Crippen molar-refractivity contribution in [3.63, 3.8) is 0 Å². The van der Waals surface area contributed by atoms with E-state index in [9.17, 15) is 5.02 Å². The van der Waals surface area contributed by atoms with Crippen molar-refractivity contribution in [1.82, 2.24) is 0 Å². The van der Waals surface area contributed by atoms with Gasteiger partial charge in [-0.2, -0.15) is 5.26 Å². The van der Waals surface area contributed by atoms with Crippen molar-refractivity contribution in [3.8, 4) is 17.6 Å². The van der Waals surface area contributed by atoms with Crippen LogP contribution in [0.15, 0.2) is 47.4 Å². The molecule has 96 valence electrons. The van der Waals surface area contributed by atoms with Crippen LogP contribution in [0.5, 0.6) is 11.5 Å². The zero-order valence-electron chi connectivity index (χ0n) is 10.4. The fraction of sp³-hybridized carbons (Fsp3) is 0. The summed E-state index contributed by atoms with van der Waals surface area (Å²) >= 11 is 0. The predicted molar refractivity (Wildman–Crippen MR) is 81.5 cm³/mol. The smallest absolute Gasteiger partial charge is 0.457 e. The van der Waals surface area contributed by atoms with E-state index in [1.165, 1.54) is 0 Å². The molecule has 1 N–H and O–H groups in total. The van der Waals surface area contributed by atoms with Crippen LogP contribution in [0.3, 0.4) is 0 Å². The number of hydrogen-bond donors (Lipinski definition) is 1. The van der Waals surface area contributed by atoms with Gasteiger partial charge in [-0.1, -0.05) is 15.3 Å². The van der Waals surface area contributed by atoms with Crippen LogP contribution in [0.25, 0.3) is 0 Å². The molecule has 1 atom stereocenters. The summed E-state index contributed by atoms with van der Waals surface area (Å²) in [4.78, 5) is 4.07. The third-order valence-corrected chi connectivity index (χ3v) is 3.52. The molecule has 0 saturated heterocycles. The molecule has 0 spiro atoms. The SMILES string of the molecule is N#Cc1ccc(Oc2ccc3c(c2)C(P)=NB3O)cc1. The first-order valence-corrected chi connectivity index (χ1v) is 6.59. The van der Waals surface area contributed by atoms with Gasteiger partial charge in [0.2, 0.25) is 0 Å². The lowest BCUT2D eigenvalue weighted by atomic mass is 9.76. The Balaban J connectivity index is 1.87. The van der Waals surface area contributed by atoms with Crippen LogP contribution >= 0.6 is 9.24 Å². The van der Waals surface area contributed by atoms with Gasteiger partial charge in [0.05, 0.1) is 11.6 Å². The fourth-order valence-corrected chi connectivity index (χ4v) is 2.44. The van der Waals surface area contributed by atoms with E-state index in [1.807, 2.05) is 6.07 Å². The number of rotatable bonds is 2. The maximum atomic E-state index is 9.72. The molecule has 1 aliphatic rings. The van der Waals surface area contributed by atoms with Crippen LogP contribution < -0.4 is 10.2 Å². The summed E-state index contributed by atoms with van der Waals surface area (Å²) in [5.41, 5.74) is 2.96. The van der Waals surface area contributed by atoms with Crippen LogP contribution in [0.1, 0.15) is 11.1 Å². The van der Waals surface area contributed by atoms with Crippen molar-refractivity contribution < 1.29 is 9.76 Å². The average Bonchev–Trinajstić information content (AvgIpc) is 2.75. The van der Waals surface area contributed by atoms with E-state index in [0.717, 1.165) is 16.5 Å². The van der Waals surface area contributed by atoms with Crippen LogP contribution in [0.4, 0.5) is 0 Å². The molecular weight excluding hydrogens is 270 g/mol. The number of nitriles is 1. The summed E-state index contributed by atoms with van der Waals surface area (Å²) in [6.45, 7) is 0. The molecule has 4 nitrogen and oxygen atoms in total.